The highest BCUT2D eigenvalue weighted by molar-refractivity contribution is 9.10. The van der Waals surface area contributed by atoms with Crippen LogP contribution in [-0.4, -0.2) is 76.0 Å². The predicted octanol–water partition coefficient (Wildman–Crippen LogP) is 9.09. The number of piperazine rings is 1. The first-order valence-electron chi connectivity index (χ1n) is 20.3. The minimum absolute atomic E-state index is 0.163. The van der Waals surface area contributed by atoms with Gasteiger partial charge in [0.25, 0.3) is 5.91 Å². The Bertz CT molecular complexity index is 2380. The molecular formula is C50H50BrFN6O3. The molecule has 9 nitrogen and oxygen atoms in total. The lowest BCUT2D eigenvalue weighted by atomic mass is 9.76. The molecule has 0 atom stereocenters. The number of nitrogens with one attached hydrogen (secondary N) is 3. The van der Waals surface area contributed by atoms with Gasteiger partial charge in [-0.1, -0.05) is 119 Å². The van der Waals surface area contributed by atoms with Gasteiger partial charge in [0.1, 0.15) is 17.2 Å². The van der Waals surface area contributed by atoms with Gasteiger partial charge in [0, 0.05) is 68.2 Å². The summed E-state index contributed by atoms with van der Waals surface area (Å²) >= 11 is 3.83. The number of carbonyl (C=O) groups is 2. The quantitative estimate of drug-likeness (QED) is 0.0574. The highest BCUT2D eigenvalue weighted by Crippen LogP contribution is 2.42. The SMILES string of the molecule is COCCN(C(C)=O)c1cc(N2CCN(C)CC2)ccc1C(=O)NC(=N)c1cc(Cc2cccc(F)c2)c(Br)cc1NC(c1ccccc1)(c1ccccc1)c1ccccc1. The summed E-state index contributed by atoms with van der Waals surface area (Å²) in [5, 5.41) is 16.5. The van der Waals surface area contributed by atoms with Crippen molar-refractivity contribution in [2.75, 3.05) is 68.6 Å². The first kappa shape index (κ1) is 43.0. The van der Waals surface area contributed by atoms with Gasteiger partial charge in [-0.05, 0) is 83.8 Å². The third-order valence-corrected chi connectivity index (χ3v) is 11.9. The van der Waals surface area contributed by atoms with E-state index in [0.717, 1.165) is 64.2 Å². The van der Waals surface area contributed by atoms with E-state index >= 15 is 0 Å². The van der Waals surface area contributed by atoms with Crippen LogP contribution in [0.15, 0.2) is 150 Å². The number of hydrogen-bond acceptors (Lipinski definition) is 7. The van der Waals surface area contributed by atoms with Crippen LogP contribution in [0, 0.1) is 11.2 Å². The molecule has 2 amide bonds. The van der Waals surface area contributed by atoms with E-state index in [2.05, 4.69) is 79.8 Å². The third-order valence-electron chi connectivity index (χ3n) is 11.2. The van der Waals surface area contributed by atoms with Crippen LogP contribution in [0.3, 0.4) is 0 Å². The smallest absolute Gasteiger partial charge is 0.258 e. The normalized spacial score (nSPS) is 13.1. The average molecular weight is 882 g/mol. The van der Waals surface area contributed by atoms with Crippen molar-refractivity contribution in [3.05, 3.63) is 195 Å². The second-order valence-electron chi connectivity index (χ2n) is 15.3. The second-order valence-corrected chi connectivity index (χ2v) is 16.1. The maximum absolute atomic E-state index is 14.6. The van der Waals surface area contributed by atoms with Gasteiger partial charge in [0.05, 0.1) is 17.9 Å². The van der Waals surface area contributed by atoms with Crippen molar-refractivity contribution >= 4 is 50.6 Å². The van der Waals surface area contributed by atoms with Crippen LogP contribution in [0.5, 0.6) is 0 Å². The van der Waals surface area contributed by atoms with Crippen LogP contribution in [0.1, 0.15) is 50.7 Å². The number of carbonyl (C=O) groups excluding carboxylic acids is 2. The molecule has 61 heavy (non-hydrogen) atoms. The van der Waals surface area contributed by atoms with Crippen LogP contribution in [0.2, 0.25) is 0 Å². The molecule has 0 radical (unpaired) electrons. The van der Waals surface area contributed by atoms with Crippen molar-refractivity contribution in [2.45, 2.75) is 18.9 Å². The predicted molar refractivity (Wildman–Crippen MR) is 247 cm³/mol. The molecule has 1 heterocycles. The number of anilines is 3. The van der Waals surface area contributed by atoms with Crippen LogP contribution < -0.4 is 20.4 Å². The third kappa shape index (κ3) is 9.75. The molecule has 7 rings (SSSR count). The summed E-state index contributed by atoms with van der Waals surface area (Å²) in [6.07, 6.45) is 0.360. The minimum Gasteiger partial charge on any atom is -0.383 e. The number of nitrogens with zero attached hydrogens (tertiary/aromatic N) is 3. The zero-order valence-corrected chi connectivity index (χ0v) is 36.2. The Balaban J connectivity index is 1.35. The number of amidine groups is 1. The number of rotatable bonds is 14. The average Bonchev–Trinajstić information content (AvgIpc) is 3.27. The maximum Gasteiger partial charge on any atom is 0.258 e. The highest BCUT2D eigenvalue weighted by atomic mass is 79.9. The molecule has 1 saturated heterocycles. The monoisotopic (exact) mass is 880 g/mol. The summed E-state index contributed by atoms with van der Waals surface area (Å²) in [6.45, 7) is 5.36. The summed E-state index contributed by atoms with van der Waals surface area (Å²) in [5.41, 5.74) is 6.01. The van der Waals surface area contributed by atoms with Gasteiger partial charge < -0.3 is 30.1 Å². The molecule has 1 aliphatic heterocycles. The molecule has 312 valence electrons. The van der Waals surface area contributed by atoms with Crippen molar-refractivity contribution in [3.63, 3.8) is 0 Å². The molecule has 11 heteroatoms. The Labute approximate surface area is 365 Å². The largest absolute Gasteiger partial charge is 0.383 e. The lowest BCUT2D eigenvalue weighted by Gasteiger charge is -2.38. The maximum atomic E-state index is 14.6. The van der Waals surface area contributed by atoms with Gasteiger partial charge in [-0.15, -0.1) is 0 Å². The van der Waals surface area contributed by atoms with E-state index in [1.165, 1.54) is 19.1 Å². The van der Waals surface area contributed by atoms with E-state index in [9.17, 15) is 19.4 Å². The second kappa shape index (κ2) is 19.5. The first-order chi connectivity index (χ1) is 29.6. The van der Waals surface area contributed by atoms with Crippen molar-refractivity contribution in [1.82, 2.24) is 10.2 Å². The topological polar surface area (TPSA) is 101 Å². The number of halogens is 2. The van der Waals surface area contributed by atoms with Crippen LogP contribution in [0.25, 0.3) is 0 Å². The summed E-state index contributed by atoms with van der Waals surface area (Å²) in [7, 11) is 3.66. The van der Waals surface area contributed by atoms with E-state index in [4.69, 9.17) is 4.74 Å². The van der Waals surface area contributed by atoms with Gasteiger partial charge in [-0.25, -0.2) is 4.39 Å². The van der Waals surface area contributed by atoms with Gasteiger partial charge >= 0.3 is 0 Å². The lowest BCUT2D eigenvalue weighted by Crippen LogP contribution is -2.44. The van der Waals surface area contributed by atoms with Crippen molar-refractivity contribution < 1.29 is 18.7 Å². The Kier molecular flexibility index (Phi) is 13.7. The van der Waals surface area contributed by atoms with Crippen molar-refractivity contribution in [3.8, 4) is 0 Å². The van der Waals surface area contributed by atoms with Gasteiger partial charge in [0.15, 0.2) is 0 Å². The van der Waals surface area contributed by atoms with Crippen molar-refractivity contribution in [1.29, 1.82) is 5.41 Å². The number of likely N-dealkylation sites (N-methyl/N-ethyl adjacent to an activating group) is 1. The fraction of sp³-hybridized carbons (Fsp3) is 0.220. The summed E-state index contributed by atoms with van der Waals surface area (Å²) in [6, 6.07) is 46.1. The first-order valence-corrected chi connectivity index (χ1v) is 21.1. The zero-order chi connectivity index (χ0) is 42.9. The fourth-order valence-corrected chi connectivity index (χ4v) is 8.47. The van der Waals surface area contributed by atoms with Crippen molar-refractivity contribution in [2.24, 2.45) is 0 Å². The van der Waals surface area contributed by atoms with E-state index in [-0.39, 0.29) is 36.3 Å². The summed E-state index contributed by atoms with van der Waals surface area (Å²) < 4.78 is 20.5. The van der Waals surface area contributed by atoms with E-state index in [1.54, 1.807) is 24.1 Å². The Morgan fingerprint density at radius 2 is 1.39 bits per heavy atom. The standard InChI is InChI=1S/C50H50BrFN6O3/c1-35(59)58(28-29-61-3)47-33-42(57-26-24-56(2)25-27-57)22-23-43(47)49(60)54-48(53)44-32-37(30-36-14-13-21-41(52)31-36)45(51)34-46(44)55-50(38-15-7-4-8-16-38,39-17-9-5-10-18-39)40-19-11-6-12-20-40/h4-23,31-34,55H,24-30H2,1-3H3,(H2,53,54,60). The Morgan fingerprint density at radius 3 is 1.95 bits per heavy atom. The van der Waals surface area contributed by atoms with Gasteiger partial charge in [0.2, 0.25) is 5.91 Å². The zero-order valence-electron chi connectivity index (χ0n) is 34.6. The van der Waals surface area contributed by atoms with Gasteiger partial charge in [-0.2, -0.15) is 0 Å². The molecule has 6 aromatic carbocycles. The highest BCUT2D eigenvalue weighted by Gasteiger charge is 2.37. The number of hydrogen-bond donors (Lipinski definition) is 3. The molecule has 1 fully saturated rings. The molecule has 6 aromatic rings. The van der Waals surface area contributed by atoms with E-state index in [0.29, 0.717) is 23.4 Å². The molecule has 0 aliphatic carbocycles. The minimum atomic E-state index is -0.956. The molecule has 0 saturated carbocycles. The van der Waals surface area contributed by atoms with E-state index in [1.807, 2.05) is 84.9 Å². The molecule has 0 unspecified atom stereocenters. The van der Waals surface area contributed by atoms with E-state index < -0.39 is 11.4 Å². The number of benzene rings is 6. The number of methoxy groups -OCH3 is 1. The Morgan fingerprint density at radius 1 is 0.787 bits per heavy atom. The van der Waals surface area contributed by atoms with Crippen LogP contribution in [-0.2, 0) is 21.5 Å². The summed E-state index contributed by atoms with van der Waals surface area (Å²) in [4.78, 5) is 33.9. The van der Waals surface area contributed by atoms with Crippen LogP contribution in [0.4, 0.5) is 21.5 Å². The van der Waals surface area contributed by atoms with Crippen LogP contribution >= 0.6 is 15.9 Å². The summed E-state index contributed by atoms with van der Waals surface area (Å²) in [5.74, 6) is -1.29. The fourth-order valence-electron chi connectivity index (χ4n) is 7.99. The number of ether oxygens (including phenoxy) is 1. The molecule has 3 N–H and O–H groups in total. The Hall–Kier alpha value is -6.14. The molecule has 1 aliphatic rings. The molecule has 0 spiro atoms. The molecule has 0 bridgehead atoms. The molecular weight excluding hydrogens is 831 g/mol. The number of amides is 2. The van der Waals surface area contributed by atoms with Gasteiger partial charge in [-0.3, -0.25) is 15.0 Å². The molecule has 0 aromatic heterocycles. The lowest BCUT2D eigenvalue weighted by molar-refractivity contribution is -0.116.